The molecule has 1 aliphatic heterocycles. The number of aromatic nitrogens is 2. The lowest BCUT2D eigenvalue weighted by molar-refractivity contribution is -0.129. The summed E-state index contributed by atoms with van der Waals surface area (Å²) < 4.78 is 25.2. The van der Waals surface area contributed by atoms with Crippen molar-refractivity contribution in [1.82, 2.24) is 15.1 Å². The number of methoxy groups -OCH3 is 1. The summed E-state index contributed by atoms with van der Waals surface area (Å²) >= 11 is 0. The molecule has 2 atom stereocenters. The molecule has 0 spiro atoms. The quantitative estimate of drug-likeness (QED) is 0.641. The molecule has 1 saturated heterocycles. The van der Waals surface area contributed by atoms with E-state index in [4.69, 9.17) is 9.15 Å². The van der Waals surface area contributed by atoms with Crippen LogP contribution < -0.4 is 0 Å². The Hall–Kier alpha value is -3.06. The number of hydrogen-bond acceptors (Lipinski definition) is 5. The molecule has 0 bridgehead atoms. The second kappa shape index (κ2) is 8.53. The zero-order chi connectivity index (χ0) is 20.2. The van der Waals surface area contributed by atoms with Gasteiger partial charge in [-0.25, -0.2) is 4.39 Å². The van der Waals surface area contributed by atoms with E-state index in [2.05, 4.69) is 10.2 Å². The van der Waals surface area contributed by atoms with E-state index in [1.165, 1.54) is 6.07 Å². The molecule has 1 amide bonds. The zero-order valence-corrected chi connectivity index (χ0v) is 16.1. The molecular weight excluding hydrogens is 373 g/mol. The summed E-state index contributed by atoms with van der Waals surface area (Å²) in [6, 6.07) is 15.9. The van der Waals surface area contributed by atoms with Crippen molar-refractivity contribution in [2.24, 2.45) is 5.92 Å². The van der Waals surface area contributed by atoms with Crippen LogP contribution >= 0.6 is 0 Å². The monoisotopic (exact) mass is 395 g/mol. The van der Waals surface area contributed by atoms with Crippen molar-refractivity contribution in [1.29, 1.82) is 0 Å². The number of ether oxygens (including phenoxy) is 1. The molecule has 2 heterocycles. The summed E-state index contributed by atoms with van der Waals surface area (Å²) in [5.41, 5.74) is 1.24. The fourth-order valence-corrected chi connectivity index (χ4v) is 3.74. The van der Waals surface area contributed by atoms with Crippen LogP contribution in [0.4, 0.5) is 4.39 Å². The number of rotatable bonds is 6. The minimum atomic E-state index is -0.366. The molecule has 150 valence electrons. The van der Waals surface area contributed by atoms with Crippen LogP contribution in [-0.2, 0) is 16.0 Å². The Bertz CT molecular complexity index is 976. The average Bonchev–Trinajstić information content (AvgIpc) is 3.38. The van der Waals surface area contributed by atoms with Crippen LogP contribution in [0.3, 0.4) is 0 Å². The van der Waals surface area contributed by atoms with Gasteiger partial charge in [-0.05, 0) is 23.8 Å². The Morgan fingerprint density at radius 1 is 1.14 bits per heavy atom. The zero-order valence-electron chi connectivity index (χ0n) is 16.1. The van der Waals surface area contributed by atoms with Crippen molar-refractivity contribution in [3.8, 4) is 11.5 Å². The van der Waals surface area contributed by atoms with E-state index in [1.807, 2.05) is 30.3 Å². The Morgan fingerprint density at radius 3 is 2.66 bits per heavy atom. The summed E-state index contributed by atoms with van der Waals surface area (Å²) in [5.74, 6) is 0.370. The fraction of sp³-hybridized carbons (Fsp3) is 0.318. The number of hydrogen-bond donors (Lipinski definition) is 0. The third-order valence-electron chi connectivity index (χ3n) is 5.25. The van der Waals surface area contributed by atoms with E-state index in [9.17, 15) is 9.18 Å². The van der Waals surface area contributed by atoms with Crippen molar-refractivity contribution in [3.63, 3.8) is 0 Å². The largest absolute Gasteiger partial charge is 0.420 e. The van der Waals surface area contributed by atoms with E-state index in [1.54, 1.807) is 30.2 Å². The summed E-state index contributed by atoms with van der Waals surface area (Å²) in [5, 5.41) is 8.39. The normalized spacial score (nSPS) is 18.9. The van der Waals surface area contributed by atoms with Gasteiger partial charge in [-0.15, -0.1) is 10.2 Å². The topological polar surface area (TPSA) is 68.5 Å². The van der Waals surface area contributed by atoms with Crippen LogP contribution in [0, 0.1) is 11.7 Å². The van der Waals surface area contributed by atoms with Crippen molar-refractivity contribution < 1.29 is 18.3 Å². The minimum Gasteiger partial charge on any atom is -0.420 e. The predicted octanol–water partition coefficient (Wildman–Crippen LogP) is 3.31. The molecule has 1 aromatic heterocycles. The Balaban J connectivity index is 1.51. The first kappa shape index (κ1) is 19.3. The van der Waals surface area contributed by atoms with Gasteiger partial charge in [0.2, 0.25) is 17.7 Å². The van der Waals surface area contributed by atoms with Crippen molar-refractivity contribution >= 4 is 5.91 Å². The first-order valence-corrected chi connectivity index (χ1v) is 9.54. The van der Waals surface area contributed by atoms with E-state index in [-0.39, 0.29) is 30.0 Å². The summed E-state index contributed by atoms with van der Waals surface area (Å²) in [6.45, 7) is 1.42. The maximum atomic E-state index is 13.9. The number of nitrogens with zero attached hydrogens (tertiary/aromatic N) is 3. The molecule has 0 unspecified atom stereocenters. The maximum Gasteiger partial charge on any atom is 0.247 e. The number of benzene rings is 2. The second-order valence-electron chi connectivity index (χ2n) is 7.20. The molecular formula is C22H22FN3O3. The highest BCUT2D eigenvalue weighted by Gasteiger charge is 2.39. The highest BCUT2D eigenvalue weighted by atomic mass is 19.1. The molecule has 1 aliphatic rings. The highest BCUT2D eigenvalue weighted by molar-refractivity contribution is 5.79. The molecule has 0 radical (unpaired) electrons. The predicted molar refractivity (Wildman–Crippen MR) is 105 cm³/mol. The van der Waals surface area contributed by atoms with Crippen LogP contribution in [0.5, 0.6) is 0 Å². The smallest absolute Gasteiger partial charge is 0.247 e. The summed E-state index contributed by atoms with van der Waals surface area (Å²) in [7, 11) is 1.63. The molecule has 0 N–H and O–H groups in total. The van der Waals surface area contributed by atoms with Crippen molar-refractivity contribution in [3.05, 3.63) is 71.9 Å². The molecule has 0 saturated carbocycles. The third-order valence-corrected chi connectivity index (χ3v) is 5.25. The minimum absolute atomic E-state index is 0.0260. The van der Waals surface area contributed by atoms with Crippen LogP contribution in [0.1, 0.15) is 17.4 Å². The second-order valence-corrected chi connectivity index (χ2v) is 7.20. The Labute approximate surface area is 168 Å². The fourth-order valence-electron chi connectivity index (χ4n) is 3.74. The molecule has 29 heavy (non-hydrogen) atoms. The van der Waals surface area contributed by atoms with Gasteiger partial charge in [0.15, 0.2) is 0 Å². The first-order chi connectivity index (χ1) is 14.2. The number of carbonyl (C=O) groups is 1. The molecule has 6 nitrogen and oxygen atoms in total. The van der Waals surface area contributed by atoms with Gasteiger partial charge in [0.25, 0.3) is 0 Å². The van der Waals surface area contributed by atoms with E-state index in [0.717, 1.165) is 5.56 Å². The highest BCUT2D eigenvalue weighted by Crippen LogP contribution is 2.34. The van der Waals surface area contributed by atoms with Crippen molar-refractivity contribution in [2.75, 3.05) is 26.8 Å². The van der Waals surface area contributed by atoms with Gasteiger partial charge >= 0.3 is 0 Å². The Morgan fingerprint density at radius 2 is 1.90 bits per heavy atom. The van der Waals surface area contributed by atoms with E-state index < -0.39 is 0 Å². The summed E-state index contributed by atoms with van der Waals surface area (Å²) in [4.78, 5) is 14.5. The Kier molecular flexibility index (Phi) is 5.67. The molecule has 7 heteroatoms. The number of carbonyl (C=O) groups excluding carboxylic acids is 1. The number of halogens is 1. The molecule has 3 aromatic rings. The van der Waals surface area contributed by atoms with E-state index in [0.29, 0.717) is 37.0 Å². The summed E-state index contributed by atoms with van der Waals surface area (Å²) in [6.07, 6.45) is 0.0260. The van der Waals surface area contributed by atoms with Gasteiger partial charge in [-0.2, -0.15) is 0 Å². The maximum absolute atomic E-state index is 13.9. The lowest BCUT2D eigenvalue weighted by Gasteiger charge is -2.16. The van der Waals surface area contributed by atoms with Crippen LogP contribution in [0.2, 0.25) is 0 Å². The SMILES string of the molecule is COC[C@@H]1CN(C(=O)Cc2ccccc2F)C[C@H]1c1nnc(-c2ccccc2)o1. The lowest BCUT2D eigenvalue weighted by atomic mass is 9.97. The number of likely N-dealkylation sites (tertiary alicyclic amines) is 1. The first-order valence-electron chi connectivity index (χ1n) is 9.54. The van der Waals surface area contributed by atoms with Gasteiger partial charge in [0, 0.05) is 31.7 Å². The molecule has 2 aromatic carbocycles. The molecule has 4 rings (SSSR count). The van der Waals surface area contributed by atoms with Gasteiger partial charge in [-0.1, -0.05) is 36.4 Å². The van der Waals surface area contributed by atoms with Gasteiger partial charge in [-0.3, -0.25) is 4.79 Å². The molecule has 1 fully saturated rings. The van der Waals surface area contributed by atoms with E-state index >= 15 is 0 Å². The van der Waals surface area contributed by atoms with Crippen LogP contribution in [0.25, 0.3) is 11.5 Å². The van der Waals surface area contributed by atoms with Gasteiger partial charge in [0.1, 0.15) is 5.82 Å². The standard InChI is InChI=1S/C22H22FN3O3/c1-28-14-17-12-26(20(27)11-16-9-5-6-10-19(16)23)13-18(17)22-25-24-21(29-22)15-7-3-2-4-8-15/h2-10,17-18H,11-14H2,1H3/t17-,18+/m0/s1. The average molecular weight is 395 g/mol. The van der Waals surface area contributed by atoms with Gasteiger partial charge in [0.05, 0.1) is 18.9 Å². The lowest BCUT2D eigenvalue weighted by Crippen LogP contribution is -2.31. The van der Waals surface area contributed by atoms with Gasteiger partial charge < -0.3 is 14.1 Å². The third kappa shape index (κ3) is 4.19. The molecule has 0 aliphatic carbocycles. The van der Waals surface area contributed by atoms with Crippen LogP contribution in [-0.4, -0.2) is 47.8 Å². The van der Waals surface area contributed by atoms with Crippen LogP contribution in [0.15, 0.2) is 59.0 Å². The number of amides is 1. The van der Waals surface area contributed by atoms with Crippen molar-refractivity contribution in [2.45, 2.75) is 12.3 Å².